The summed E-state index contributed by atoms with van der Waals surface area (Å²) < 4.78 is 1.66. The van der Waals surface area contributed by atoms with Crippen LogP contribution in [0.1, 0.15) is 11.3 Å². The molecule has 0 aliphatic heterocycles. The molecule has 1 aromatic carbocycles. The van der Waals surface area contributed by atoms with Crippen molar-refractivity contribution in [3.8, 4) is 5.69 Å². The predicted molar refractivity (Wildman–Crippen MR) is 63.7 cm³/mol. The van der Waals surface area contributed by atoms with Gasteiger partial charge in [0.1, 0.15) is 0 Å². The molecule has 0 amide bonds. The molecule has 0 aliphatic carbocycles. The van der Waals surface area contributed by atoms with E-state index >= 15 is 0 Å². The molecule has 0 saturated carbocycles. The molecule has 82 valence electrons. The van der Waals surface area contributed by atoms with Gasteiger partial charge in [0.2, 0.25) is 5.43 Å². The minimum atomic E-state index is -0.235. The van der Waals surface area contributed by atoms with E-state index in [0.29, 0.717) is 0 Å². The van der Waals surface area contributed by atoms with Gasteiger partial charge >= 0.3 is 0 Å². The van der Waals surface area contributed by atoms with Crippen LogP contribution in [0, 0.1) is 13.8 Å². The van der Waals surface area contributed by atoms with Gasteiger partial charge in [0, 0.05) is 11.8 Å². The van der Waals surface area contributed by atoms with Crippen molar-refractivity contribution in [3.05, 3.63) is 51.8 Å². The molecular weight excluding hydrogens is 202 g/mol. The molecule has 4 nitrogen and oxygen atoms in total. The average molecular weight is 215 g/mol. The molecule has 0 bridgehead atoms. The number of rotatable bonds is 1. The van der Waals surface area contributed by atoms with Gasteiger partial charge in [-0.05, 0) is 26.0 Å². The molecule has 2 rings (SSSR count). The van der Waals surface area contributed by atoms with Gasteiger partial charge in [-0.25, -0.2) is 4.68 Å². The van der Waals surface area contributed by atoms with Gasteiger partial charge in [0.25, 0.3) is 0 Å². The molecule has 16 heavy (non-hydrogen) atoms. The van der Waals surface area contributed by atoms with E-state index in [1.807, 2.05) is 38.1 Å². The summed E-state index contributed by atoms with van der Waals surface area (Å²) in [5.41, 5.74) is 8.12. The second-order valence-electron chi connectivity index (χ2n) is 3.78. The number of hydrogen-bond acceptors (Lipinski definition) is 3. The van der Waals surface area contributed by atoms with Gasteiger partial charge in [-0.2, -0.15) is 0 Å². The molecule has 0 fully saturated rings. The van der Waals surface area contributed by atoms with Crippen LogP contribution >= 0.6 is 0 Å². The second kappa shape index (κ2) is 3.81. The number of nitrogen functional groups attached to an aromatic ring is 1. The molecule has 1 aromatic heterocycles. The third-order valence-electron chi connectivity index (χ3n) is 2.41. The fourth-order valence-electron chi connectivity index (χ4n) is 1.51. The molecule has 2 N–H and O–H groups in total. The van der Waals surface area contributed by atoms with Gasteiger partial charge in [0.15, 0.2) is 5.82 Å². The first-order valence-corrected chi connectivity index (χ1v) is 5.01. The minimum Gasteiger partial charge on any atom is -0.379 e. The lowest BCUT2D eigenvalue weighted by Gasteiger charge is -2.09. The Morgan fingerprint density at radius 1 is 1.19 bits per heavy atom. The smallest absolute Gasteiger partial charge is 0.224 e. The first kappa shape index (κ1) is 10.4. The summed E-state index contributed by atoms with van der Waals surface area (Å²) >= 11 is 0. The van der Waals surface area contributed by atoms with Crippen molar-refractivity contribution in [3.63, 3.8) is 0 Å². The standard InChI is InChI=1S/C12H13N3O/c1-8-3-5-10(6-4-8)15-9(2)7-11(16)12(13)14-15/h3-7H,1-2H3,(H2,13,14). The van der Waals surface area contributed by atoms with Crippen molar-refractivity contribution in [2.24, 2.45) is 0 Å². The van der Waals surface area contributed by atoms with E-state index in [0.717, 1.165) is 11.4 Å². The summed E-state index contributed by atoms with van der Waals surface area (Å²) in [6.07, 6.45) is 0. The lowest BCUT2D eigenvalue weighted by molar-refractivity contribution is 0.807. The normalized spacial score (nSPS) is 10.4. The Balaban J connectivity index is 2.60. The maximum atomic E-state index is 11.3. The quantitative estimate of drug-likeness (QED) is 0.782. The van der Waals surface area contributed by atoms with E-state index in [-0.39, 0.29) is 11.2 Å². The Bertz CT molecular complexity index is 570. The monoisotopic (exact) mass is 215 g/mol. The highest BCUT2D eigenvalue weighted by Crippen LogP contribution is 2.10. The second-order valence-corrected chi connectivity index (χ2v) is 3.78. The molecule has 0 aliphatic rings. The average Bonchev–Trinajstić information content (AvgIpc) is 2.25. The molecule has 4 heteroatoms. The van der Waals surface area contributed by atoms with E-state index in [4.69, 9.17) is 5.73 Å². The van der Waals surface area contributed by atoms with Crippen molar-refractivity contribution in [2.45, 2.75) is 13.8 Å². The van der Waals surface area contributed by atoms with E-state index in [1.54, 1.807) is 4.68 Å². The zero-order valence-corrected chi connectivity index (χ0v) is 9.27. The van der Waals surface area contributed by atoms with Crippen LogP contribution in [0.2, 0.25) is 0 Å². The van der Waals surface area contributed by atoms with Crippen LogP contribution in [0.25, 0.3) is 5.69 Å². The van der Waals surface area contributed by atoms with Crippen molar-refractivity contribution in [1.82, 2.24) is 9.78 Å². The molecule has 0 saturated heterocycles. The Labute approximate surface area is 93.3 Å². The summed E-state index contributed by atoms with van der Waals surface area (Å²) in [5, 5.41) is 4.05. The lowest BCUT2D eigenvalue weighted by Crippen LogP contribution is -2.17. The van der Waals surface area contributed by atoms with Gasteiger partial charge in [-0.3, -0.25) is 4.79 Å². The highest BCUT2D eigenvalue weighted by atomic mass is 16.1. The number of aryl methyl sites for hydroxylation is 2. The Hall–Kier alpha value is -2.10. The molecule has 1 heterocycles. The fraction of sp³-hybridized carbons (Fsp3) is 0.167. The van der Waals surface area contributed by atoms with Crippen molar-refractivity contribution < 1.29 is 0 Å². The van der Waals surface area contributed by atoms with Gasteiger partial charge in [-0.15, -0.1) is 5.10 Å². The molecule has 2 aromatic rings. The van der Waals surface area contributed by atoms with Crippen molar-refractivity contribution in [2.75, 3.05) is 5.73 Å². The Morgan fingerprint density at radius 2 is 1.81 bits per heavy atom. The van der Waals surface area contributed by atoms with Gasteiger partial charge in [-0.1, -0.05) is 17.7 Å². The molecule has 0 unspecified atom stereocenters. The van der Waals surface area contributed by atoms with E-state index < -0.39 is 0 Å². The maximum Gasteiger partial charge on any atom is 0.224 e. The van der Waals surface area contributed by atoms with E-state index in [2.05, 4.69) is 5.10 Å². The first-order chi connectivity index (χ1) is 7.58. The van der Waals surface area contributed by atoms with Gasteiger partial charge < -0.3 is 5.73 Å². The largest absolute Gasteiger partial charge is 0.379 e. The zero-order valence-electron chi connectivity index (χ0n) is 9.27. The topological polar surface area (TPSA) is 60.9 Å². The molecule has 0 radical (unpaired) electrons. The predicted octanol–water partition coefficient (Wildman–Crippen LogP) is 1.43. The van der Waals surface area contributed by atoms with Crippen molar-refractivity contribution >= 4 is 5.82 Å². The van der Waals surface area contributed by atoms with Gasteiger partial charge in [0.05, 0.1) is 5.69 Å². The zero-order chi connectivity index (χ0) is 11.7. The van der Waals surface area contributed by atoms with Crippen LogP contribution in [-0.4, -0.2) is 9.78 Å². The summed E-state index contributed by atoms with van der Waals surface area (Å²) in [6.45, 7) is 3.84. The summed E-state index contributed by atoms with van der Waals surface area (Å²) in [6, 6.07) is 9.36. The van der Waals surface area contributed by atoms with Crippen LogP contribution in [0.4, 0.5) is 5.82 Å². The molecule has 0 spiro atoms. The number of benzene rings is 1. The minimum absolute atomic E-state index is 0.0196. The van der Waals surface area contributed by atoms with E-state index in [1.165, 1.54) is 11.6 Å². The number of nitrogens with two attached hydrogens (primary N) is 1. The van der Waals surface area contributed by atoms with Crippen LogP contribution < -0.4 is 11.2 Å². The highest BCUT2D eigenvalue weighted by Gasteiger charge is 2.04. The van der Waals surface area contributed by atoms with E-state index in [9.17, 15) is 4.79 Å². The number of anilines is 1. The SMILES string of the molecule is Cc1ccc(-n2nc(N)c(=O)cc2C)cc1. The third kappa shape index (κ3) is 1.82. The van der Waals surface area contributed by atoms with Crippen LogP contribution in [0.5, 0.6) is 0 Å². The van der Waals surface area contributed by atoms with Crippen LogP contribution in [0.3, 0.4) is 0 Å². The van der Waals surface area contributed by atoms with Crippen LogP contribution in [-0.2, 0) is 0 Å². The van der Waals surface area contributed by atoms with Crippen molar-refractivity contribution in [1.29, 1.82) is 0 Å². The number of aromatic nitrogens is 2. The summed E-state index contributed by atoms with van der Waals surface area (Å²) in [4.78, 5) is 11.3. The van der Waals surface area contributed by atoms with Crippen LogP contribution in [0.15, 0.2) is 35.1 Å². The Kier molecular flexibility index (Phi) is 2.48. The summed E-state index contributed by atoms with van der Waals surface area (Å²) in [5.74, 6) is 0.0196. The fourth-order valence-corrected chi connectivity index (χ4v) is 1.51. The number of hydrogen-bond donors (Lipinski definition) is 1. The first-order valence-electron chi connectivity index (χ1n) is 5.01. The summed E-state index contributed by atoms with van der Waals surface area (Å²) in [7, 11) is 0. The Morgan fingerprint density at radius 3 is 2.44 bits per heavy atom. The molecule has 0 atom stereocenters. The lowest BCUT2D eigenvalue weighted by atomic mass is 10.2. The highest BCUT2D eigenvalue weighted by molar-refractivity contribution is 5.37. The third-order valence-corrected chi connectivity index (χ3v) is 2.41. The maximum absolute atomic E-state index is 11.3. The number of nitrogens with zero attached hydrogens (tertiary/aromatic N) is 2. The molecular formula is C12H13N3O.